The maximum atomic E-state index is 13.1. The highest BCUT2D eigenvalue weighted by atomic mass is 32.2. The molecule has 1 aliphatic heterocycles. The second-order valence-corrected chi connectivity index (χ2v) is 9.38. The van der Waals surface area contributed by atoms with Gasteiger partial charge in [0.25, 0.3) is 0 Å². The van der Waals surface area contributed by atoms with E-state index in [9.17, 15) is 13.2 Å². The average Bonchev–Trinajstić information content (AvgIpc) is 2.52. The van der Waals surface area contributed by atoms with Crippen LogP contribution < -0.4 is 14.1 Å². The predicted molar refractivity (Wildman–Crippen MR) is 100 cm³/mol. The molecule has 140 valence electrons. The normalized spacial score (nSPS) is 17.8. The van der Waals surface area contributed by atoms with Crippen LogP contribution in [-0.4, -0.2) is 59.6 Å². The molecule has 8 heteroatoms. The van der Waals surface area contributed by atoms with Crippen LogP contribution >= 0.6 is 0 Å². The molecule has 0 saturated carbocycles. The van der Waals surface area contributed by atoms with Crippen LogP contribution in [0.4, 0.5) is 16.2 Å². The Morgan fingerprint density at radius 1 is 1.20 bits per heavy atom. The fourth-order valence-corrected chi connectivity index (χ4v) is 3.43. The maximum absolute atomic E-state index is 13.1. The first-order valence-corrected chi connectivity index (χ1v) is 10.2. The molecular formula is C17H28N3O4S+. The number of carbonyl (C=O) groups is 1. The third-order valence-corrected chi connectivity index (χ3v) is 5.45. The first kappa shape index (κ1) is 19.7. The van der Waals surface area contributed by atoms with Crippen molar-refractivity contribution in [2.24, 2.45) is 0 Å². The minimum Gasteiger partial charge on any atom is -0.414 e. The van der Waals surface area contributed by atoms with E-state index in [4.69, 9.17) is 4.74 Å². The van der Waals surface area contributed by atoms with E-state index in [-0.39, 0.29) is 10.6 Å². The number of para-hydroxylation sites is 2. The third-order valence-electron chi connectivity index (χ3n) is 4.26. The van der Waals surface area contributed by atoms with Crippen molar-refractivity contribution in [3.8, 4) is 0 Å². The molecule has 0 radical (unpaired) electrons. The molecule has 1 aliphatic rings. The van der Waals surface area contributed by atoms with Crippen molar-refractivity contribution in [1.82, 2.24) is 9.80 Å². The molecule has 0 spiro atoms. The monoisotopic (exact) mass is 370 g/mol. The number of quaternary nitrogens is 1. The summed E-state index contributed by atoms with van der Waals surface area (Å²) in [6.07, 6.45) is 0.794. The standard InChI is InChI=1S/C17H28N3O4S/c1-17(2,3)24-16(21)20(12-10-18-11-13-20)15-9-7-6-8-14(15)19(4)25(5,22)23/h6-9,18H,10-13H2,1-5H3/q+1. The summed E-state index contributed by atoms with van der Waals surface area (Å²) < 4.78 is 31.0. The van der Waals surface area contributed by atoms with Crippen LogP contribution in [0.5, 0.6) is 0 Å². The number of ether oxygens (including phenoxy) is 1. The number of anilines is 1. The molecule has 0 aromatic heterocycles. The number of benzene rings is 1. The Kier molecular flexibility index (Phi) is 5.46. The molecule has 1 fully saturated rings. The van der Waals surface area contributed by atoms with Gasteiger partial charge in [-0.2, -0.15) is 9.28 Å². The molecule has 2 rings (SSSR count). The van der Waals surface area contributed by atoms with Gasteiger partial charge in [0, 0.05) is 26.2 Å². The highest BCUT2D eigenvalue weighted by Gasteiger charge is 2.46. The first-order chi connectivity index (χ1) is 11.5. The molecule has 7 nitrogen and oxygen atoms in total. The molecule has 25 heavy (non-hydrogen) atoms. The van der Waals surface area contributed by atoms with Crippen LogP contribution in [0.3, 0.4) is 0 Å². The van der Waals surface area contributed by atoms with Crippen molar-refractivity contribution in [2.45, 2.75) is 26.4 Å². The van der Waals surface area contributed by atoms with Crippen LogP contribution in [-0.2, 0) is 14.8 Å². The Bertz CT molecular complexity index is 735. The molecule has 1 heterocycles. The number of nitrogens with zero attached hydrogens (tertiary/aromatic N) is 2. The highest BCUT2D eigenvalue weighted by Crippen LogP contribution is 2.36. The van der Waals surface area contributed by atoms with E-state index in [0.717, 1.165) is 6.26 Å². The summed E-state index contributed by atoms with van der Waals surface area (Å²) in [5.74, 6) is 0. The summed E-state index contributed by atoms with van der Waals surface area (Å²) in [6.45, 7) is 7.80. The van der Waals surface area contributed by atoms with Crippen LogP contribution in [0.1, 0.15) is 20.8 Å². The smallest absolute Gasteiger partial charge is 0.414 e. The van der Waals surface area contributed by atoms with E-state index in [1.54, 1.807) is 12.1 Å². The van der Waals surface area contributed by atoms with Crippen LogP contribution in [0, 0.1) is 0 Å². The van der Waals surface area contributed by atoms with Gasteiger partial charge in [-0.15, -0.1) is 0 Å². The van der Waals surface area contributed by atoms with E-state index in [1.807, 2.05) is 32.9 Å². The largest absolute Gasteiger partial charge is 0.521 e. The van der Waals surface area contributed by atoms with Gasteiger partial charge in [0.2, 0.25) is 10.0 Å². The first-order valence-electron chi connectivity index (χ1n) is 8.32. The summed E-state index contributed by atoms with van der Waals surface area (Å²) >= 11 is 0. The summed E-state index contributed by atoms with van der Waals surface area (Å²) in [5.41, 5.74) is 0.522. The maximum Gasteiger partial charge on any atom is 0.521 e. The second-order valence-electron chi connectivity index (χ2n) is 7.36. The van der Waals surface area contributed by atoms with E-state index in [2.05, 4.69) is 5.32 Å². The zero-order chi connectivity index (χ0) is 18.9. The third kappa shape index (κ3) is 4.31. The number of piperazine rings is 1. The minimum atomic E-state index is -3.45. The molecule has 1 aromatic rings. The lowest BCUT2D eigenvalue weighted by atomic mass is 10.1. The number of hydrogen-bond donors (Lipinski definition) is 1. The van der Waals surface area contributed by atoms with Gasteiger partial charge in [-0.3, -0.25) is 4.31 Å². The molecule has 0 atom stereocenters. The van der Waals surface area contributed by atoms with Crippen LogP contribution in [0.25, 0.3) is 0 Å². The summed E-state index contributed by atoms with van der Waals surface area (Å²) in [6, 6.07) is 7.13. The zero-order valence-corrected chi connectivity index (χ0v) is 16.4. The van der Waals surface area contributed by atoms with E-state index < -0.39 is 15.6 Å². The number of nitrogens with one attached hydrogen (secondary N) is 1. The van der Waals surface area contributed by atoms with Gasteiger partial charge >= 0.3 is 6.09 Å². The Hall–Kier alpha value is -1.64. The average molecular weight is 370 g/mol. The fraction of sp³-hybridized carbons (Fsp3) is 0.588. The van der Waals surface area contributed by atoms with Gasteiger partial charge in [-0.1, -0.05) is 12.1 Å². The topological polar surface area (TPSA) is 75.7 Å². The quantitative estimate of drug-likeness (QED) is 0.823. The summed E-state index contributed by atoms with van der Waals surface area (Å²) in [5, 5.41) is 3.25. The SMILES string of the molecule is CN(c1ccccc1[N+]1(C(=O)OC(C)(C)C)CCNCC1)S(C)(=O)=O. The molecular weight excluding hydrogens is 342 g/mol. The van der Waals surface area contributed by atoms with Crippen molar-refractivity contribution in [1.29, 1.82) is 0 Å². The van der Waals surface area contributed by atoms with Gasteiger partial charge in [0.1, 0.15) is 24.4 Å². The van der Waals surface area contributed by atoms with E-state index >= 15 is 0 Å². The van der Waals surface area contributed by atoms with Gasteiger partial charge in [-0.25, -0.2) is 8.42 Å². The van der Waals surface area contributed by atoms with Gasteiger partial charge in [-0.05, 0) is 26.8 Å². The number of rotatable bonds is 3. The van der Waals surface area contributed by atoms with Crippen molar-refractivity contribution < 1.29 is 17.9 Å². The van der Waals surface area contributed by atoms with Crippen molar-refractivity contribution in [3.63, 3.8) is 0 Å². The number of hydrogen-bond acceptors (Lipinski definition) is 5. The Morgan fingerprint density at radius 3 is 2.28 bits per heavy atom. The minimum absolute atomic E-state index is 0.0275. The molecule has 0 unspecified atom stereocenters. The molecule has 0 aliphatic carbocycles. The molecule has 1 saturated heterocycles. The van der Waals surface area contributed by atoms with Crippen molar-refractivity contribution in [2.75, 3.05) is 43.8 Å². The lowest BCUT2D eigenvalue weighted by molar-refractivity contribution is 0.0242. The van der Waals surface area contributed by atoms with Crippen LogP contribution in [0.15, 0.2) is 24.3 Å². The molecule has 1 amide bonds. The van der Waals surface area contributed by atoms with E-state index in [0.29, 0.717) is 37.6 Å². The number of amides is 1. The predicted octanol–water partition coefficient (Wildman–Crippen LogP) is 1.93. The van der Waals surface area contributed by atoms with Crippen molar-refractivity contribution >= 4 is 27.5 Å². The molecule has 0 bridgehead atoms. The Balaban J connectivity index is 2.58. The number of sulfonamides is 1. The lowest BCUT2D eigenvalue weighted by Gasteiger charge is -2.40. The van der Waals surface area contributed by atoms with Gasteiger partial charge in [0.05, 0.1) is 6.26 Å². The van der Waals surface area contributed by atoms with Gasteiger partial charge < -0.3 is 10.1 Å². The number of carbonyl (C=O) groups excluding carboxylic acids is 1. The van der Waals surface area contributed by atoms with Gasteiger partial charge in [0.15, 0.2) is 5.69 Å². The summed E-state index contributed by atoms with van der Waals surface area (Å²) in [4.78, 5) is 13.1. The Labute approximate surface area is 150 Å². The lowest BCUT2D eigenvalue weighted by Crippen LogP contribution is -2.64. The highest BCUT2D eigenvalue weighted by molar-refractivity contribution is 7.92. The molecule has 1 N–H and O–H groups in total. The molecule has 1 aromatic carbocycles. The summed E-state index contributed by atoms with van der Waals surface area (Å²) in [7, 11) is -1.95. The zero-order valence-electron chi connectivity index (χ0n) is 15.6. The van der Waals surface area contributed by atoms with E-state index in [1.165, 1.54) is 11.4 Å². The Morgan fingerprint density at radius 2 is 1.76 bits per heavy atom. The second kappa shape index (κ2) is 6.93. The van der Waals surface area contributed by atoms with Crippen LogP contribution in [0.2, 0.25) is 0 Å². The van der Waals surface area contributed by atoms with Crippen molar-refractivity contribution in [3.05, 3.63) is 24.3 Å². The fourth-order valence-electron chi connectivity index (χ4n) is 2.92.